The highest BCUT2D eigenvalue weighted by atomic mass is 16.3. The predicted molar refractivity (Wildman–Crippen MR) is 93.8 cm³/mol. The van der Waals surface area contributed by atoms with Crippen LogP contribution in [-0.2, 0) is 11.3 Å². The molecule has 2 heterocycles. The second-order valence-electron chi connectivity index (χ2n) is 6.13. The molecule has 1 unspecified atom stereocenters. The molecule has 0 fully saturated rings. The van der Waals surface area contributed by atoms with Gasteiger partial charge in [-0.2, -0.15) is 0 Å². The van der Waals surface area contributed by atoms with E-state index >= 15 is 0 Å². The second-order valence-corrected chi connectivity index (χ2v) is 6.13. The van der Waals surface area contributed by atoms with Gasteiger partial charge >= 0.3 is 0 Å². The van der Waals surface area contributed by atoms with Crippen LogP contribution in [0.15, 0.2) is 47.5 Å². The largest absolute Gasteiger partial charge is 0.472 e. The Labute approximate surface area is 147 Å². The number of nitrogens with one attached hydrogen (secondary N) is 1. The van der Waals surface area contributed by atoms with Crippen molar-refractivity contribution in [1.82, 2.24) is 20.1 Å². The van der Waals surface area contributed by atoms with Crippen molar-refractivity contribution in [3.8, 4) is 0 Å². The molecule has 0 aliphatic carbocycles. The lowest BCUT2D eigenvalue weighted by atomic mass is 10.2. The zero-order valence-electron chi connectivity index (χ0n) is 14.8. The van der Waals surface area contributed by atoms with Gasteiger partial charge in [-0.05, 0) is 38.7 Å². The van der Waals surface area contributed by atoms with E-state index in [-0.39, 0.29) is 11.8 Å². The molecule has 0 saturated heterocycles. The summed E-state index contributed by atoms with van der Waals surface area (Å²) in [6.45, 7) is 3.43. The molecular formula is C18H24N4O3. The van der Waals surface area contributed by atoms with E-state index in [2.05, 4.69) is 10.3 Å². The Hall–Kier alpha value is -2.67. The van der Waals surface area contributed by atoms with Crippen molar-refractivity contribution in [3.05, 3.63) is 54.2 Å². The maximum Gasteiger partial charge on any atom is 0.255 e. The molecule has 134 valence electrons. The van der Waals surface area contributed by atoms with Gasteiger partial charge < -0.3 is 19.5 Å². The van der Waals surface area contributed by atoms with Gasteiger partial charge in [-0.3, -0.25) is 14.6 Å². The van der Waals surface area contributed by atoms with E-state index in [1.165, 1.54) is 12.5 Å². The van der Waals surface area contributed by atoms with E-state index in [1.807, 2.05) is 31.1 Å². The lowest BCUT2D eigenvalue weighted by Crippen LogP contribution is -2.48. The monoisotopic (exact) mass is 344 g/mol. The minimum atomic E-state index is -0.638. The van der Waals surface area contributed by atoms with Crippen LogP contribution < -0.4 is 5.32 Å². The molecule has 0 radical (unpaired) electrons. The number of carbonyl (C=O) groups excluding carboxylic acids is 2. The van der Waals surface area contributed by atoms with E-state index in [0.717, 1.165) is 12.1 Å². The average molecular weight is 344 g/mol. The van der Waals surface area contributed by atoms with E-state index in [0.29, 0.717) is 18.7 Å². The molecule has 0 spiro atoms. The maximum atomic E-state index is 12.8. The molecule has 0 saturated carbocycles. The first-order valence-electron chi connectivity index (χ1n) is 8.13. The Morgan fingerprint density at radius 1 is 1.28 bits per heavy atom. The zero-order chi connectivity index (χ0) is 18.2. The summed E-state index contributed by atoms with van der Waals surface area (Å²) in [5.74, 6) is -0.467. The van der Waals surface area contributed by atoms with Gasteiger partial charge in [0, 0.05) is 32.0 Å². The molecule has 1 N–H and O–H groups in total. The minimum Gasteiger partial charge on any atom is -0.472 e. The SMILES string of the molecule is CC(NC(=O)c1ccoc1)C(=O)N(CCN(C)C)Cc1cccnc1. The van der Waals surface area contributed by atoms with Crippen LogP contribution in [0.2, 0.25) is 0 Å². The van der Waals surface area contributed by atoms with Crippen molar-refractivity contribution in [2.24, 2.45) is 0 Å². The first-order valence-corrected chi connectivity index (χ1v) is 8.13. The summed E-state index contributed by atoms with van der Waals surface area (Å²) in [5, 5.41) is 2.72. The average Bonchev–Trinajstić information content (AvgIpc) is 3.13. The van der Waals surface area contributed by atoms with Gasteiger partial charge in [-0.15, -0.1) is 0 Å². The third-order valence-electron chi connectivity index (χ3n) is 3.73. The fourth-order valence-electron chi connectivity index (χ4n) is 2.31. The fourth-order valence-corrected chi connectivity index (χ4v) is 2.31. The van der Waals surface area contributed by atoms with Gasteiger partial charge in [0.1, 0.15) is 12.3 Å². The Bertz CT molecular complexity index is 671. The molecule has 0 aliphatic rings. The normalized spacial score (nSPS) is 12.0. The molecule has 1 atom stereocenters. The molecule has 2 aromatic rings. The number of hydrogen-bond donors (Lipinski definition) is 1. The van der Waals surface area contributed by atoms with Crippen molar-refractivity contribution >= 4 is 11.8 Å². The van der Waals surface area contributed by atoms with Crippen LogP contribution in [0.4, 0.5) is 0 Å². The quantitative estimate of drug-likeness (QED) is 0.783. The van der Waals surface area contributed by atoms with Crippen LogP contribution in [-0.4, -0.2) is 59.8 Å². The summed E-state index contributed by atoms with van der Waals surface area (Å²) in [7, 11) is 3.91. The van der Waals surface area contributed by atoms with Gasteiger partial charge in [0.2, 0.25) is 5.91 Å². The number of pyridine rings is 1. The third kappa shape index (κ3) is 5.72. The number of likely N-dealkylation sites (N-methyl/N-ethyl adjacent to an activating group) is 1. The second kappa shape index (κ2) is 8.98. The molecule has 2 aromatic heterocycles. The van der Waals surface area contributed by atoms with Crippen LogP contribution in [0, 0.1) is 0 Å². The summed E-state index contributed by atoms with van der Waals surface area (Å²) in [4.78, 5) is 32.8. The summed E-state index contributed by atoms with van der Waals surface area (Å²) >= 11 is 0. The number of aromatic nitrogens is 1. The molecule has 0 aliphatic heterocycles. The molecule has 25 heavy (non-hydrogen) atoms. The first-order chi connectivity index (χ1) is 12.0. The van der Waals surface area contributed by atoms with Gasteiger partial charge in [-0.1, -0.05) is 6.07 Å². The smallest absolute Gasteiger partial charge is 0.255 e. The van der Waals surface area contributed by atoms with Gasteiger partial charge in [0.25, 0.3) is 5.91 Å². The van der Waals surface area contributed by atoms with Crippen LogP contribution in [0.25, 0.3) is 0 Å². The van der Waals surface area contributed by atoms with Crippen LogP contribution >= 0.6 is 0 Å². The molecule has 7 heteroatoms. The van der Waals surface area contributed by atoms with Crippen molar-refractivity contribution in [3.63, 3.8) is 0 Å². The number of rotatable bonds is 8. The highest BCUT2D eigenvalue weighted by Crippen LogP contribution is 2.07. The third-order valence-corrected chi connectivity index (χ3v) is 3.73. The predicted octanol–water partition coefficient (Wildman–Crippen LogP) is 1.38. The lowest BCUT2D eigenvalue weighted by molar-refractivity contribution is -0.133. The van der Waals surface area contributed by atoms with Crippen molar-refractivity contribution in [2.75, 3.05) is 27.2 Å². The summed E-state index contributed by atoms with van der Waals surface area (Å²) < 4.78 is 4.90. The Morgan fingerprint density at radius 2 is 2.08 bits per heavy atom. The molecule has 2 rings (SSSR count). The summed E-state index contributed by atoms with van der Waals surface area (Å²) in [5.41, 5.74) is 1.34. The van der Waals surface area contributed by atoms with Crippen LogP contribution in [0.5, 0.6) is 0 Å². The fraction of sp³-hybridized carbons (Fsp3) is 0.389. The standard InChI is InChI=1S/C18H24N4O3/c1-14(20-17(23)16-6-10-25-13-16)18(24)22(9-8-21(2)3)12-15-5-4-7-19-11-15/h4-7,10-11,13-14H,8-9,12H2,1-3H3,(H,20,23). The highest BCUT2D eigenvalue weighted by molar-refractivity contribution is 5.97. The molecule has 7 nitrogen and oxygen atoms in total. The van der Waals surface area contributed by atoms with Crippen LogP contribution in [0.1, 0.15) is 22.8 Å². The minimum absolute atomic E-state index is 0.137. The van der Waals surface area contributed by atoms with E-state index in [1.54, 1.807) is 30.3 Å². The van der Waals surface area contributed by atoms with Gasteiger partial charge in [0.05, 0.1) is 11.8 Å². The highest BCUT2D eigenvalue weighted by Gasteiger charge is 2.23. The number of nitrogens with zero attached hydrogens (tertiary/aromatic N) is 3. The molecule has 2 amide bonds. The molecular weight excluding hydrogens is 320 g/mol. The van der Waals surface area contributed by atoms with E-state index in [9.17, 15) is 9.59 Å². The number of furan rings is 1. The topological polar surface area (TPSA) is 78.7 Å². The number of carbonyl (C=O) groups is 2. The lowest BCUT2D eigenvalue weighted by Gasteiger charge is -2.27. The van der Waals surface area contributed by atoms with Crippen LogP contribution in [0.3, 0.4) is 0 Å². The molecule has 0 bridgehead atoms. The Kier molecular flexibility index (Phi) is 6.71. The van der Waals surface area contributed by atoms with Crippen molar-refractivity contribution in [2.45, 2.75) is 19.5 Å². The van der Waals surface area contributed by atoms with E-state index in [4.69, 9.17) is 4.42 Å². The van der Waals surface area contributed by atoms with Gasteiger partial charge in [0.15, 0.2) is 0 Å². The molecule has 0 aromatic carbocycles. The zero-order valence-corrected chi connectivity index (χ0v) is 14.8. The maximum absolute atomic E-state index is 12.8. The first kappa shape index (κ1) is 18.7. The van der Waals surface area contributed by atoms with Crippen molar-refractivity contribution < 1.29 is 14.0 Å². The summed E-state index contributed by atoms with van der Waals surface area (Å²) in [6.07, 6.45) is 6.22. The number of amides is 2. The van der Waals surface area contributed by atoms with Crippen molar-refractivity contribution in [1.29, 1.82) is 0 Å². The van der Waals surface area contributed by atoms with Gasteiger partial charge in [-0.25, -0.2) is 0 Å². The number of hydrogen-bond acceptors (Lipinski definition) is 5. The Morgan fingerprint density at radius 3 is 2.68 bits per heavy atom. The summed E-state index contributed by atoms with van der Waals surface area (Å²) in [6, 6.07) is 4.69. The van der Waals surface area contributed by atoms with E-state index < -0.39 is 6.04 Å². The Balaban J connectivity index is 2.03.